The number of unbranched alkanes of at least 4 members (excludes halogenated alkanes) is 2. The Morgan fingerprint density at radius 3 is 1.93 bits per heavy atom. The van der Waals surface area contributed by atoms with Crippen molar-refractivity contribution in [2.45, 2.75) is 119 Å². The first-order valence-electron chi connectivity index (χ1n) is 33.5. The highest BCUT2D eigenvalue weighted by molar-refractivity contribution is 5.95. The zero-order valence-electron chi connectivity index (χ0n) is 55.8. The first kappa shape index (κ1) is 72.8. The van der Waals surface area contributed by atoms with E-state index < -0.39 is 64.6 Å². The first-order chi connectivity index (χ1) is 45.7. The fraction of sp³-hybridized carbons (Fsp3) is 0.521. The van der Waals surface area contributed by atoms with Gasteiger partial charge in [0, 0.05) is 103 Å². The van der Waals surface area contributed by atoms with Crippen LogP contribution in [0.4, 0.5) is 41.2 Å². The van der Waals surface area contributed by atoms with Crippen LogP contribution in [0.25, 0.3) is 11.1 Å². The van der Waals surface area contributed by atoms with Gasteiger partial charge in [-0.3, -0.25) is 24.5 Å². The second-order valence-corrected chi connectivity index (χ2v) is 27.1. The van der Waals surface area contributed by atoms with Crippen molar-refractivity contribution in [3.8, 4) is 11.1 Å². The third kappa shape index (κ3) is 19.2. The van der Waals surface area contributed by atoms with E-state index in [0.717, 1.165) is 97.3 Å². The Balaban J connectivity index is 0.639. The zero-order chi connectivity index (χ0) is 68.8. The normalized spacial score (nSPS) is 18.5. The zero-order valence-corrected chi connectivity index (χ0v) is 55.8. The van der Waals surface area contributed by atoms with Gasteiger partial charge in [0.15, 0.2) is 0 Å². The van der Waals surface area contributed by atoms with Crippen LogP contribution >= 0.6 is 0 Å². The molecule has 0 bridgehead atoms. The number of halogens is 7. The second kappa shape index (κ2) is 32.3. The van der Waals surface area contributed by atoms with E-state index in [9.17, 15) is 54.7 Å². The molecule has 1 spiro atoms. The molecule has 96 heavy (non-hydrogen) atoms. The molecule has 0 radical (unpaired) electrons. The summed E-state index contributed by atoms with van der Waals surface area (Å²) in [7, 11) is 9.74. The molecule has 1 aliphatic carbocycles. The number of ether oxygens (including phenoxy) is 3. The number of piperidine rings is 2. The molecule has 3 saturated heterocycles. The van der Waals surface area contributed by atoms with Crippen molar-refractivity contribution in [2.75, 3.05) is 132 Å². The molecule has 16 nitrogen and oxygen atoms in total. The van der Waals surface area contributed by atoms with Crippen LogP contribution in [-0.4, -0.2) is 203 Å². The Morgan fingerprint density at radius 2 is 1.25 bits per heavy atom. The Morgan fingerprint density at radius 1 is 0.656 bits per heavy atom. The molecule has 1 N–H and O–H groups in total. The summed E-state index contributed by atoms with van der Waals surface area (Å²) in [6, 6.07) is 32.0. The van der Waals surface area contributed by atoms with Crippen molar-refractivity contribution in [1.82, 2.24) is 29.4 Å². The first-order valence-corrected chi connectivity index (χ1v) is 33.5. The van der Waals surface area contributed by atoms with E-state index in [0.29, 0.717) is 101 Å². The van der Waals surface area contributed by atoms with E-state index in [2.05, 4.69) is 41.3 Å². The number of alkyl halides is 6. The van der Waals surface area contributed by atoms with Crippen molar-refractivity contribution in [3.63, 3.8) is 0 Å². The molecular formula is C73H92F7N8O8+. The summed E-state index contributed by atoms with van der Waals surface area (Å²) in [6.07, 6.45) is -2.53. The van der Waals surface area contributed by atoms with Gasteiger partial charge in [-0.25, -0.2) is 9.18 Å². The number of hydrogen-bond donors (Lipinski definition) is 1. The minimum absolute atomic E-state index is 0.0261. The number of fused-ring (bicyclic) bond motifs is 2. The molecule has 5 amide bonds. The van der Waals surface area contributed by atoms with Gasteiger partial charge in [0.25, 0.3) is 5.91 Å². The highest BCUT2D eigenvalue weighted by Crippen LogP contribution is 2.48. The van der Waals surface area contributed by atoms with Crippen molar-refractivity contribution in [2.24, 2.45) is 0 Å². The lowest BCUT2D eigenvalue weighted by molar-refractivity contribution is -0.890. The maximum Gasteiger partial charge on any atom is 0.416 e. The van der Waals surface area contributed by atoms with Crippen molar-refractivity contribution in [3.05, 3.63) is 161 Å². The maximum absolute atomic E-state index is 14.2. The quantitative estimate of drug-likeness (QED) is 0.0292. The molecule has 3 fully saturated rings. The van der Waals surface area contributed by atoms with E-state index in [1.54, 1.807) is 23.9 Å². The molecule has 4 aliphatic rings. The smallest absolute Gasteiger partial charge is 0.416 e. The topological polar surface area (TPSA) is 145 Å². The number of anilines is 1. The van der Waals surface area contributed by atoms with Gasteiger partial charge in [-0.2, -0.15) is 26.3 Å². The number of quaternary nitrogens is 1. The van der Waals surface area contributed by atoms with Gasteiger partial charge < -0.3 is 48.1 Å². The van der Waals surface area contributed by atoms with Crippen LogP contribution < -0.4 is 5.32 Å². The number of carbonyl (C=O) groups is 5. The summed E-state index contributed by atoms with van der Waals surface area (Å²) >= 11 is 0. The molecule has 520 valence electrons. The summed E-state index contributed by atoms with van der Waals surface area (Å²) in [5.74, 6) is -1.58. The summed E-state index contributed by atoms with van der Waals surface area (Å²) in [6.45, 7) is 6.58. The number of nitrogens with one attached hydrogen (secondary N) is 1. The monoisotopic (exact) mass is 1340 g/mol. The van der Waals surface area contributed by atoms with Crippen LogP contribution in [0.1, 0.15) is 115 Å². The molecule has 0 unspecified atom stereocenters. The standard InChI is InChI=1S/C73H91F7N8O8/c1-82(66(90)25-16-45-88(4,5)44-15-7-10-24-65(89)84(3)42-43-85-37-30-60(31-38-85)96-69(93)81-63-23-14-12-21-61(63)53-18-8-6-9-19-53)35-17-36-83(2)67(91)50-94-64-48-54-20-11-13-22-62(54)70(64)32-39-86(40-33-70)41-34-71(56-26-28-59(74)29-27-56)51-87(52-95-71)68(92)55-46-57(72(75,76)77)49-58(47-55)73(78,79)80/h6,8-9,11-14,18-23,26-29,46-47,49,60,64H,7,10,15-17,24-25,30-45,48,50-52H2,1-5H3/p+1/t64-,71-/m0/s1. The van der Waals surface area contributed by atoms with Gasteiger partial charge in [0.1, 0.15) is 30.9 Å². The molecule has 5 aromatic carbocycles. The maximum atomic E-state index is 14.2. The van der Waals surface area contributed by atoms with Crippen LogP contribution in [0.5, 0.6) is 0 Å². The van der Waals surface area contributed by atoms with Gasteiger partial charge >= 0.3 is 18.4 Å². The van der Waals surface area contributed by atoms with E-state index in [1.165, 1.54) is 29.8 Å². The molecule has 5 aromatic rings. The van der Waals surface area contributed by atoms with Gasteiger partial charge in [-0.15, -0.1) is 0 Å². The Labute approximate surface area is 559 Å². The van der Waals surface area contributed by atoms with Crippen LogP contribution in [-0.2, 0) is 58.4 Å². The van der Waals surface area contributed by atoms with Crippen molar-refractivity contribution < 1.29 is 73.4 Å². The molecule has 9 rings (SSSR count). The Bertz CT molecular complexity index is 3400. The fourth-order valence-corrected chi connectivity index (χ4v) is 13.9. The fourth-order valence-electron chi connectivity index (χ4n) is 13.9. The number of likely N-dealkylation sites (N-methyl/N-ethyl adjacent to an activating group) is 2. The van der Waals surface area contributed by atoms with Crippen LogP contribution in [0.3, 0.4) is 0 Å². The number of carbonyl (C=O) groups excluding carboxylic acids is 5. The van der Waals surface area contributed by atoms with E-state index in [4.69, 9.17) is 14.2 Å². The van der Waals surface area contributed by atoms with Gasteiger partial charge in [-0.1, -0.05) is 84.9 Å². The minimum atomic E-state index is -5.15. The third-order valence-electron chi connectivity index (χ3n) is 19.9. The average molecular weight is 1340 g/mol. The van der Waals surface area contributed by atoms with E-state index in [1.807, 2.05) is 78.7 Å². The summed E-state index contributed by atoms with van der Waals surface area (Å²) in [5.41, 5.74) is -0.186. The molecule has 0 aromatic heterocycles. The van der Waals surface area contributed by atoms with Crippen LogP contribution in [0.15, 0.2) is 121 Å². The van der Waals surface area contributed by atoms with Crippen LogP contribution in [0, 0.1) is 5.82 Å². The van der Waals surface area contributed by atoms with Gasteiger partial charge in [0.2, 0.25) is 17.7 Å². The number of para-hydroxylation sites is 1. The highest BCUT2D eigenvalue weighted by atomic mass is 19.4. The summed E-state index contributed by atoms with van der Waals surface area (Å²) in [4.78, 5) is 77.4. The number of hydrogen-bond acceptors (Lipinski definition) is 10. The number of amides is 5. The predicted octanol–water partition coefficient (Wildman–Crippen LogP) is 12.1. The molecule has 23 heteroatoms. The lowest BCUT2D eigenvalue weighted by atomic mass is 9.72. The molecule has 0 saturated carbocycles. The molecule has 3 aliphatic heterocycles. The molecule has 2 atom stereocenters. The third-order valence-corrected chi connectivity index (χ3v) is 19.9. The predicted molar refractivity (Wildman–Crippen MR) is 352 cm³/mol. The second-order valence-electron chi connectivity index (χ2n) is 27.1. The van der Waals surface area contributed by atoms with Crippen LogP contribution in [0.2, 0.25) is 0 Å². The number of rotatable bonds is 28. The van der Waals surface area contributed by atoms with E-state index in [-0.39, 0.29) is 55.6 Å². The lowest BCUT2D eigenvalue weighted by Gasteiger charge is -2.44. The van der Waals surface area contributed by atoms with E-state index >= 15 is 0 Å². The number of benzene rings is 5. The number of likely N-dealkylation sites (tertiary alicyclic amines) is 2. The number of nitrogens with zero attached hydrogens (tertiary/aromatic N) is 7. The minimum Gasteiger partial charge on any atom is -0.446 e. The Kier molecular flexibility index (Phi) is 24.5. The Hall–Kier alpha value is -7.44. The van der Waals surface area contributed by atoms with Crippen molar-refractivity contribution >= 4 is 35.4 Å². The van der Waals surface area contributed by atoms with Crippen molar-refractivity contribution in [1.29, 1.82) is 0 Å². The van der Waals surface area contributed by atoms with Gasteiger partial charge in [0.05, 0.1) is 56.6 Å². The van der Waals surface area contributed by atoms with Gasteiger partial charge in [-0.05, 0) is 136 Å². The average Bonchev–Trinajstić information content (AvgIpc) is 1.58. The highest BCUT2D eigenvalue weighted by Gasteiger charge is 2.50. The summed E-state index contributed by atoms with van der Waals surface area (Å²) in [5, 5.41) is 2.93. The molecular weight excluding hydrogens is 1250 g/mol. The largest absolute Gasteiger partial charge is 0.446 e. The molecule has 3 heterocycles. The lowest BCUT2D eigenvalue weighted by Crippen LogP contribution is -2.50. The summed E-state index contributed by atoms with van der Waals surface area (Å²) < 4.78 is 116. The SMILES string of the molecule is CN(CCCN(C)C(=O)CO[C@H]1Cc2ccccc2C12CCN(CC[C@@]1(c3ccc(F)cc3)CN(C(=O)c3cc(C(F)(F)F)cc(C(F)(F)F)c3)CO1)CC2)C(=O)CCC[N+](C)(C)CCCCCC(=O)N(C)CCN1CCC(OC(=O)Nc2ccccc2-c2ccccc2)CC1.